The molecule has 1 aliphatic rings. The molecule has 0 bridgehead atoms. The van der Waals surface area contributed by atoms with Crippen molar-refractivity contribution in [2.75, 3.05) is 6.61 Å². The first-order chi connectivity index (χ1) is 11.5. The molecule has 0 saturated heterocycles. The highest BCUT2D eigenvalue weighted by Gasteiger charge is 2.37. The molecule has 2 heterocycles. The van der Waals surface area contributed by atoms with Crippen LogP contribution in [0.2, 0.25) is 0 Å². The van der Waals surface area contributed by atoms with E-state index in [1.807, 2.05) is 0 Å². The van der Waals surface area contributed by atoms with Crippen molar-refractivity contribution in [1.29, 1.82) is 0 Å². The summed E-state index contributed by atoms with van der Waals surface area (Å²) in [6.45, 7) is 1.40. The Morgan fingerprint density at radius 2 is 1.79 bits per heavy atom. The molecule has 0 radical (unpaired) electrons. The maximum atomic E-state index is 12.8. The zero-order chi connectivity index (χ0) is 17.0. The first-order valence-electron chi connectivity index (χ1n) is 7.50. The SMILES string of the molecule is Cc1cc2c(o1)-c1c(c3ccccc3c(=O)n1CCO)C(=O)C2=O. The van der Waals surface area contributed by atoms with Gasteiger partial charge in [0.25, 0.3) is 5.56 Å². The molecular formula is C18H13NO5. The highest BCUT2D eigenvalue weighted by Crippen LogP contribution is 2.37. The number of pyridine rings is 1. The third kappa shape index (κ3) is 1.77. The molecule has 24 heavy (non-hydrogen) atoms. The summed E-state index contributed by atoms with van der Waals surface area (Å²) in [5.41, 5.74) is 0.248. The van der Waals surface area contributed by atoms with Gasteiger partial charge in [-0.15, -0.1) is 0 Å². The van der Waals surface area contributed by atoms with Gasteiger partial charge in [-0.3, -0.25) is 14.4 Å². The summed E-state index contributed by atoms with van der Waals surface area (Å²) in [5, 5.41) is 10.1. The molecular weight excluding hydrogens is 310 g/mol. The summed E-state index contributed by atoms with van der Waals surface area (Å²) < 4.78 is 6.94. The Bertz CT molecular complexity index is 1090. The number of rotatable bonds is 2. The maximum absolute atomic E-state index is 12.8. The predicted molar refractivity (Wildman–Crippen MR) is 86.4 cm³/mol. The largest absolute Gasteiger partial charge is 0.459 e. The lowest BCUT2D eigenvalue weighted by Gasteiger charge is -2.20. The number of fused-ring (bicyclic) bond motifs is 5. The lowest BCUT2D eigenvalue weighted by molar-refractivity contribution is 0.0815. The van der Waals surface area contributed by atoms with Crippen molar-refractivity contribution in [1.82, 2.24) is 4.57 Å². The van der Waals surface area contributed by atoms with Gasteiger partial charge in [0.2, 0.25) is 11.6 Å². The van der Waals surface area contributed by atoms with E-state index >= 15 is 0 Å². The van der Waals surface area contributed by atoms with Crippen LogP contribution in [0.4, 0.5) is 0 Å². The molecule has 6 heteroatoms. The second kappa shape index (κ2) is 5.01. The molecule has 1 aromatic carbocycles. The Morgan fingerprint density at radius 1 is 1.08 bits per heavy atom. The minimum atomic E-state index is -0.666. The molecule has 0 spiro atoms. The zero-order valence-electron chi connectivity index (χ0n) is 12.8. The van der Waals surface area contributed by atoms with Gasteiger partial charge in [0, 0.05) is 17.3 Å². The Hall–Kier alpha value is -2.99. The number of aromatic nitrogens is 1. The van der Waals surface area contributed by atoms with Gasteiger partial charge < -0.3 is 14.1 Å². The van der Waals surface area contributed by atoms with Gasteiger partial charge in [0.15, 0.2) is 5.76 Å². The number of aliphatic hydroxyl groups is 1. The summed E-state index contributed by atoms with van der Waals surface area (Å²) in [7, 11) is 0. The van der Waals surface area contributed by atoms with Crippen LogP contribution in [0.1, 0.15) is 26.5 Å². The van der Waals surface area contributed by atoms with Gasteiger partial charge in [-0.05, 0) is 19.1 Å². The molecule has 6 nitrogen and oxygen atoms in total. The molecule has 0 atom stereocenters. The van der Waals surface area contributed by atoms with E-state index in [0.717, 1.165) is 0 Å². The second-order valence-electron chi connectivity index (χ2n) is 5.71. The fourth-order valence-corrected chi connectivity index (χ4v) is 3.27. The van der Waals surface area contributed by atoms with E-state index in [1.54, 1.807) is 31.2 Å². The zero-order valence-corrected chi connectivity index (χ0v) is 12.8. The molecule has 1 aliphatic carbocycles. The lowest BCUT2D eigenvalue weighted by atomic mass is 9.88. The van der Waals surface area contributed by atoms with Gasteiger partial charge in [0.1, 0.15) is 5.76 Å². The summed E-state index contributed by atoms with van der Waals surface area (Å²) in [6.07, 6.45) is 0. The number of furan rings is 1. The maximum Gasteiger partial charge on any atom is 0.259 e. The predicted octanol–water partition coefficient (Wildman–Crippen LogP) is 1.94. The summed E-state index contributed by atoms with van der Waals surface area (Å²) >= 11 is 0. The molecule has 0 saturated carbocycles. The molecule has 0 fully saturated rings. The van der Waals surface area contributed by atoms with Gasteiger partial charge in [-0.25, -0.2) is 0 Å². The van der Waals surface area contributed by atoms with E-state index in [4.69, 9.17) is 4.42 Å². The number of aryl methyl sites for hydroxylation is 1. The lowest BCUT2D eigenvalue weighted by Crippen LogP contribution is -2.31. The number of aliphatic hydroxyl groups excluding tert-OH is 1. The third-order valence-electron chi connectivity index (χ3n) is 4.25. The minimum Gasteiger partial charge on any atom is -0.459 e. The van der Waals surface area contributed by atoms with Crippen LogP contribution < -0.4 is 5.56 Å². The van der Waals surface area contributed by atoms with E-state index in [2.05, 4.69) is 0 Å². The fourth-order valence-electron chi connectivity index (χ4n) is 3.27. The van der Waals surface area contributed by atoms with Gasteiger partial charge in [-0.2, -0.15) is 0 Å². The molecule has 0 unspecified atom stereocenters. The molecule has 4 rings (SSSR count). The van der Waals surface area contributed by atoms with Crippen LogP contribution in [0.3, 0.4) is 0 Å². The van der Waals surface area contributed by atoms with Crippen molar-refractivity contribution >= 4 is 22.3 Å². The Kier molecular flexibility index (Phi) is 3.04. The standard InChI is InChI=1S/C18H13NO5/c1-9-8-12-15(21)16(22)13-10-4-2-3-5-11(10)18(23)19(6-7-20)14(13)17(12)24-9/h2-5,8,20H,6-7H2,1H3. The number of nitrogens with zero attached hydrogens (tertiary/aromatic N) is 1. The van der Waals surface area contributed by atoms with Crippen LogP contribution in [-0.4, -0.2) is 27.8 Å². The number of carbonyl (C=O) groups is 2. The van der Waals surface area contributed by atoms with Crippen molar-refractivity contribution < 1.29 is 19.1 Å². The second-order valence-corrected chi connectivity index (χ2v) is 5.71. The smallest absolute Gasteiger partial charge is 0.259 e. The van der Waals surface area contributed by atoms with Gasteiger partial charge >= 0.3 is 0 Å². The van der Waals surface area contributed by atoms with Crippen molar-refractivity contribution in [2.24, 2.45) is 0 Å². The fraction of sp³-hybridized carbons (Fsp3) is 0.167. The van der Waals surface area contributed by atoms with Crippen LogP contribution in [0.25, 0.3) is 22.2 Å². The molecule has 0 amide bonds. The summed E-state index contributed by atoms with van der Waals surface area (Å²) in [4.78, 5) is 38.0. The van der Waals surface area contributed by atoms with Gasteiger partial charge in [-0.1, -0.05) is 18.2 Å². The Morgan fingerprint density at radius 3 is 2.50 bits per heavy atom. The van der Waals surface area contributed by atoms with E-state index in [0.29, 0.717) is 16.5 Å². The van der Waals surface area contributed by atoms with E-state index in [-0.39, 0.29) is 41.3 Å². The van der Waals surface area contributed by atoms with E-state index < -0.39 is 11.6 Å². The van der Waals surface area contributed by atoms with Crippen LogP contribution >= 0.6 is 0 Å². The number of hydrogen-bond acceptors (Lipinski definition) is 5. The van der Waals surface area contributed by atoms with Gasteiger partial charge in [0.05, 0.1) is 23.4 Å². The summed E-state index contributed by atoms with van der Waals surface area (Å²) in [6, 6.07) is 8.15. The van der Waals surface area contributed by atoms with E-state index in [1.165, 1.54) is 10.6 Å². The Labute approximate surface area is 135 Å². The quantitative estimate of drug-likeness (QED) is 0.728. The highest BCUT2D eigenvalue weighted by atomic mass is 16.3. The number of carbonyl (C=O) groups excluding carboxylic acids is 2. The number of hydrogen-bond donors (Lipinski definition) is 1. The molecule has 2 aromatic heterocycles. The average molecular weight is 323 g/mol. The van der Waals surface area contributed by atoms with Crippen molar-refractivity contribution in [3.8, 4) is 11.5 Å². The molecule has 1 N–H and O–H groups in total. The monoisotopic (exact) mass is 323 g/mol. The highest BCUT2D eigenvalue weighted by molar-refractivity contribution is 6.54. The molecule has 0 aliphatic heterocycles. The first-order valence-corrected chi connectivity index (χ1v) is 7.50. The van der Waals surface area contributed by atoms with Crippen LogP contribution in [0.15, 0.2) is 39.5 Å². The first kappa shape index (κ1) is 14.6. The minimum absolute atomic E-state index is 0.00661. The average Bonchev–Trinajstić information content (AvgIpc) is 2.97. The summed E-state index contributed by atoms with van der Waals surface area (Å²) in [5.74, 6) is -0.622. The Balaban J connectivity index is 2.26. The van der Waals surface area contributed by atoms with Crippen LogP contribution in [-0.2, 0) is 6.54 Å². The number of ketones is 2. The van der Waals surface area contributed by atoms with Crippen LogP contribution in [0.5, 0.6) is 0 Å². The van der Waals surface area contributed by atoms with Crippen molar-refractivity contribution in [3.05, 3.63) is 57.6 Å². The van der Waals surface area contributed by atoms with Crippen molar-refractivity contribution in [2.45, 2.75) is 13.5 Å². The molecule has 120 valence electrons. The molecule has 3 aromatic rings. The number of benzene rings is 1. The van der Waals surface area contributed by atoms with Crippen LogP contribution in [0, 0.1) is 6.92 Å². The normalized spacial score (nSPS) is 13.2. The van der Waals surface area contributed by atoms with E-state index in [9.17, 15) is 19.5 Å². The third-order valence-corrected chi connectivity index (χ3v) is 4.25. The number of Topliss-reactive ketones (excluding diaryl/α,β-unsaturated/α-hetero) is 2. The topological polar surface area (TPSA) is 89.5 Å². The van der Waals surface area contributed by atoms with Crippen molar-refractivity contribution in [3.63, 3.8) is 0 Å².